The molecule has 120 valence electrons. The van der Waals surface area contributed by atoms with Crippen molar-refractivity contribution in [1.82, 2.24) is 10.6 Å². The van der Waals surface area contributed by atoms with Gasteiger partial charge in [0, 0.05) is 13.3 Å². The maximum absolute atomic E-state index is 12.1. The third kappa shape index (κ3) is 5.43. The van der Waals surface area contributed by atoms with Gasteiger partial charge in [0.05, 0.1) is 7.11 Å². The second kappa shape index (κ2) is 8.02. The van der Waals surface area contributed by atoms with Gasteiger partial charge in [-0.2, -0.15) is 0 Å². The number of benzene rings is 1. The number of rotatable bonds is 7. The van der Waals surface area contributed by atoms with Crippen molar-refractivity contribution in [3.8, 4) is 5.75 Å². The van der Waals surface area contributed by atoms with Crippen molar-refractivity contribution < 1.29 is 24.2 Å². The van der Waals surface area contributed by atoms with Gasteiger partial charge in [-0.05, 0) is 24.6 Å². The summed E-state index contributed by atoms with van der Waals surface area (Å²) in [4.78, 5) is 34.1. The monoisotopic (exact) mass is 308 g/mol. The van der Waals surface area contributed by atoms with Crippen LogP contribution in [0.3, 0.4) is 0 Å². The molecule has 0 saturated carbocycles. The highest BCUT2D eigenvalue weighted by Crippen LogP contribution is 2.13. The lowest BCUT2D eigenvalue weighted by Gasteiger charge is -2.19. The Kier molecular flexibility index (Phi) is 6.37. The minimum atomic E-state index is -1.14. The smallest absolute Gasteiger partial charge is 0.325 e. The van der Waals surface area contributed by atoms with Crippen LogP contribution in [0.25, 0.3) is 0 Å². The van der Waals surface area contributed by atoms with E-state index in [0.717, 1.165) is 5.56 Å². The van der Waals surface area contributed by atoms with Crippen molar-refractivity contribution in [2.24, 2.45) is 0 Å². The Labute approximate surface area is 128 Å². The zero-order chi connectivity index (χ0) is 16.7. The first-order valence-electron chi connectivity index (χ1n) is 6.76. The van der Waals surface area contributed by atoms with E-state index in [9.17, 15) is 14.4 Å². The number of carbonyl (C=O) groups is 3. The molecular weight excluding hydrogens is 288 g/mol. The van der Waals surface area contributed by atoms with Crippen molar-refractivity contribution in [2.45, 2.75) is 32.4 Å². The lowest BCUT2D eigenvalue weighted by molar-refractivity contribution is -0.141. The van der Waals surface area contributed by atoms with Gasteiger partial charge in [-0.25, -0.2) is 0 Å². The summed E-state index contributed by atoms with van der Waals surface area (Å²) in [7, 11) is 1.55. The van der Waals surface area contributed by atoms with Gasteiger partial charge in [0.1, 0.15) is 17.8 Å². The summed E-state index contributed by atoms with van der Waals surface area (Å²) in [6.45, 7) is 2.66. The number of carbonyl (C=O) groups excluding carboxylic acids is 2. The summed E-state index contributed by atoms with van der Waals surface area (Å²) in [6.07, 6.45) is 0.252. The van der Waals surface area contributed by atoms with E-state index in [4.69, 9.17) is 9.84 Å². The molecule has 0 fully saturated rings. The highest BCUT2D eigenvalue weighted by Gasteiger charge is 2.23. The second-order valence-electron chi connectivity index (χ2n) is 4.87. The minimum Gasteiger partial charge on any atom is -0.497 e. The molecule has 0 radical (unpaired) electrons. The molecule has 0 bridgehead atoms. The van der Waals surface area contributed by atoms with E-state index in [2.05, 4.69) is 10.6 Å². The van der Waals surface area contributed by atoms with Crippen LogP contribution in [-0.4, -0.2) is 42.1 Å². The van der Waals surface area contributed by atoms with Crippen LogP contribution in [0.4, 0.5) is 0 Å². The fourth-order valence-corrected chi connectivity index (χ4v) is 1.83. The SMILES string of the molecule is COc1ccc(C[C@H](NC(C)=O)C(=O)N[C@@H](C)C(=O)O)cc1. The van der Waals surface area contributed by atoms with Crippen LogP contribution in [0.1, 0.15) is 19.4 Å². The Hall–Kier alpha value is -2.57. The van der Waals surface area contributed by atoms with Crippen LogP contribution in [0.5, 0.6) is 5.75 Å². The van der Waals surface area contributed by atoms with Gasteiger partial charge in [0.25, 0.3) is 0 Å². The van der Waals surface area contributed by atoms with Crippen molar-refractivity contribution in [2.75, 3.05) is 7.11 Å². The molecule has 2 atom stereocenters. The summed E-state index contributed by atoms with van der Waals surface area (Å²) < 4.78 is 5.05. The van der Waals surface area contributed by atoms with Crippen LogP contribution in [0, 0.1) is 0 Å². The standard InChI is InChI=1S/C15H20N2O5/c1-9(15(20)21)16-14(19)13(17-10(2)18)8-11-4-6-12(22-3)7-5-11/h4-7,9,13H,8H2,1-3H3,(H,16,19)(H,17,18)(H,20,21)/t9-,13-/m0/s1. The first-order valence-corrected chi connectivity index (χ1v) is 6.76. The number of amides is 2. The Bertz CT molecular complexity index is 541. The predicted octanol–water partition coefficient (Wildman–Crippen LogP) is 0.332. The maximum Gasteiger partial charge on any atom is 0.325 e. The Morgan fingerprint density at radius 2 is 1.77 bits per heavy atom. The van der Waals surface area contributed by atoms with E-state index < -0.39 is 24.0 Å². The molecule has 7 nitrogen and oxygen atoms in total. The van der Waals surface area contributed by atoms with Crippen LogP contribution >= 0.6 is 0 Å². The third-order valence-electron chi connectivity index (χ3n) is 3.02. The first kappa shape index (κ1) is 17.5. The van der Waals surface area contributed by atoms with E-state index in [0.29, 0.717) is 5.75 Å². The molecule has 0 aliphatic heterocycles. The summed E-state index contributed by atoms with van der Waals surface area (Å²) in [5.41, 5.74) is 0.817. The van der Waals surface area contributed by atoms with Crippen LogP contribution in [0.15, 0.2) is 24.3 Å². The number of carboxylic acid groups (broad SMARTS) is 1. The molecule has 0 saturated heterocycles. The van der Waals surface area contributed by atoms with Gasteiger partial charge in [0.15, 0.2) is 0 Å². The van der Waals surface area contributed by atoms with Gasteiger partial charge in [0.2, 0.25) is 11.8 Å². The molecule has 22 heavy (non-hydrogen) atoms. The molecule has 0 spiro atoms. The molecule has 0 unspecified atom stereocenters. The molecule has 0 aliphatic rings. The number of nitrogens with one attached hydrogen (secondary N) is 2. The second-order valence-corrected chi connectivity index (χ2v) is 4.87. The summed E-state index contributed by atoms with van der Waals surface area (Å²) in [5, 5.41) is 13.7. The number of methoxy groups -OCH3 is 1. The Morgan fingerprint density at radius 1 is 1.18 bits per heavy atom. The zero-order valence-corrected chi connectivity index (χ0v) is 12.8. The van der Waals surface area contributed by atoms with E-state index in [-0.39, 0.29) is 12.3 Å². The summed E-state index contributed by atoms with van der Waals surface area (Å²) in [6, 6.07) is 5.19. The fraction of sp³-hybridized carbons (Fsp3) is 0.400. The molecule has 3 N–H and O–H groups in total. The molecule has 0 heterocycles. The van der Waals surface area contributed by atoms with E-state index >= 15 is 0 Å². The van der Waals surface area contributed by atoms with E-state index in [1.807, 2.05) is 0 Å². The van der Waals surface area contributed by atoms with Crippen molar-refractivity contribution in [3.05, 3.63) is 29.8 Å². The average molecular weight is 308 g/mol. The van der Waals surface area contributed by atoms with Crippen molar-refractivity contribution in [3.63, 3.8) is 0 Å². The normalized spacial score (nSPS) is 12.9. The number of hydrogen-bond donors (Lipinski definition) is 3. The van der Waals surface area contributed by atoms with Crippen LogP contribution in [0.2, 0.25) is 0 Å². The summed E-state index contributed by atoms with van der Waals surface area (Å²) in [5.74, 6) is -1.36. The van der Waals surface area contributed by atoms with Crippen LogP contribution in [-0.2, 0) is 20.8 Å². The predicted molar refractivity (Wildman–Crippen MR) is 79.5 cm³/mol. The molecule has 1 rings (SSSR count). The molecule has 0 aliphatic carbocycles. The topological polar surface area (TPSA) is 105 Å². The lowest BCUT2D eigenvalue weighted by Crippen LogP contribution is -2.51. The Balaban J connectivity index is 2.80. The number of hydrogen-bond acceptors (Lipinski definition) is 4. The molecular formula is C15H20N2O5. The first-order chi connectivity index (χ1) is 10.3. The van der Waals surface area contributed by atoms with Gasteiger partial charge < -0.3 is 20.5 Å². The molecule has 0 aromatic heterocycles. The maximum atomic E-state index is 12.1. The molecule has 1 aromatic carbocycles. The number of carboxylic acids is 1. The lowest BCUT2D eigenvalue weighted by atomic mass is 10.0. The summed E-state index contributed by atoms with van der Waals surface area (Å²) >= 11 is 0. The Morgan fingerprint density at radius 3 is 2.23 bits per heavy atom. The largest absolute Gasteiger partial charge is 0.497 e. The van der Waals surface area contributed by atoms with Gasteiger partial charge in [-0.1, -0.05) is 12.1 Å². The van der Waals surface area contributed by atoms with Crippen LogP contribution < -0.4 is 15.4 Å². The zero-order valence-electron chi connectivity index (χ0n) is 12.8. The highest BCUT2D eigenvalue weighted by molar-refractivity contribution is 5.90. The number of aliphatic carboxylic acids is 1. The van der Waals surface area contributed by atoms with Crippen molar-refractivity contribution in [1.29, 1.82) is 0 Å². The fourth-order valence-electron chi connectivity index (χ4n) is 1.83. The van der Waals surface area contributed by atoms with Gasteiger partial charge in [-0.3, -0.25) is 14.4 Å². The highest BCUT2D eigenvalue weighted by atomic mass is 16.5. The average Bonchev–Trinajstić information content (AvgIpc) is 2.46. The third-order valence-corrected chi connectivity index (χ3v) is 3.02. The van der Waals surface area contributed by atoms with Gasteiger partial charge in [-0.15, -0.1) is 0 Å². The number of ether oxygens (including phenoxy) is 1. The van der Waals surface area contributed by atoms with Gasteiger partial charge >= 0.3 is 5.97 Å². The quantitative estimate of drug-likeness (QED) is 0.673. The van der Waals surface area contributed by atoms with Crippen molar-refractivity contribution >= 4 is 17.8 Å². The molecule has 7 heteroatoms. The van der Waals surface area contributed by atoms with E-state index in [1.54, 1.807) is 31.4 Å². The molecule has 1 aromatic rings. The molecule has 2 amide bonds. The van der Waals surface area contributed by atoms with E-state index in [1.165, 1.54) is 13.8 Å². The minimum absolute atomic E-state index is 0.252.